The van der Waals surface area contributed by atoms with E-state index in [1.165, 1.54) is 0 Å². The summed E-state index contributed by atoms with van der Waals surface area (Å²) < 4.78 is 6.38. The summed E-state index contributed by atoms with van der Waals surface area (Å²) in [5.41, 5.74) is 0.862. The van der Waals surface area contributed by atoms with Gasteiger partial charge in [-0.3, -0.25) is 4.79 Å². The quantitative estimate of drug-likeness (QED) is 0.829. The van der Waals surface area contributed by atoms with Crippen LogP contribution in [-0.2, 0) is 4.79 Å². The van der Waals surface area contributed by atoms with E-state index in [0.717, 1.165) is 21.6 Å². The summed E-state index contributed by atoms with van der Waals surface area (Å²) in [5.74, 6) is 0.835. The van der Waals surface area contributed by atoms with Crippen molar-refractivity contribution in [2.75, 3.05) is 31.6 Å². The zero-order chi connectivity index (χ0) is 11.5. The molecule has 0 unspecified atom stereocenters. The predicted molar refractivity (Wildman–Crippen MR) is 70.9 cm³/mol. The molecule has 1 heterocycles. The van der Waals surface area contributed by atoms with Crippen molar-refractivity contribution in [2.24, 2.45) is 0 Å². The number of ether oxygens (including phenoxy) is 1. The summed E-state index contributed by atoms with van der Waals surface area (Å²) in [5, 5.41) is 3.05. The Morgan fingerprint density at radius 2 is 2.31 bits per heavy atom. The van der Waals surface area contributed by atoms with Gasteiger partial charge in [-0.1, -0.05) is 0 Å². The topological polar surface area (TPSA) is 41.6 Å². The van der Waals surface area contributed by atoms with E-state index in [1.54, 1.807) is 12.0 Å². The van der Waals surface area contributed by atoms with Crippen molar-refractivity contribution < 1.29 is 9.53 Å². The summed E-state index contributed by atoms with van der Waals surface area (Å²) >= 11 is 2.23. The smallest absolute Gasteiger partial charge is 0.241 e. The molecular formula is C11H13IN2O2. The molecule has 0 atom stereocenters. The van der Waals surface area contributed by atoms with Gasteiger partial charge in [0, 0.05) is 16.7 Å². The molecular weight excluding hydrogens is 319 g/mol. The average Bonchev–Trinajstić information content (AvgIpc) is 2.29. The first-order valence-electron chi connectivity index (χ1n) is 5.07. The van der Waals surface area contributed by atoms with Crippen LogP contribution in [-0.4, -0.2) is 32.7 Å². The molecule has 5 heteroatoms. The Morgan fingerprint density at radius 1 is 1.50 bits per heavy atom. The van der Waals surface area contributed by atoms with Gasteiger partial charge in [-0.05, 0) is 40.8 Å². The van der Waals surface area contributed by atoms with Gasteiger partial charge in [0.2, 0.25) is 5.91 Å². The van der Waals surface area contributed by atoms with E-state index >= 15 is 0 Å². The van der Waals surface area contributed by atoms with Gasteiger partial charge < -0.3 is 15.0 Å². The first-order chi connectivity index (χ1) is 7.72. The number of hydrogen-bond donors (Lipinski definition) is 1. The molecule has 0 aromatic heterocycles. The van der Waals surface area contributed by atoms with Crippen LogP contribution in [0.25, 0.3) is 0 Å². The van der Waals surface area contributed by atoms with Crippen molar-refractivity contribution in [3.63, 3.8) is 0 Å². The molecule has 0 saturated carbocycles. The molecule has 1 aliphatic rings. The fourth-order valence-electron chi connectivity index (χ4n) is 1.74. The maximum absolute atomic E-state index is 11.8. The minimum absolute atomic E-state index is 0.0894. The molecule has 4 nitrogen and oxygen atoms in total. The van der Waals surface area contributed by atoms with E-state index in [-0.39, 0.29) is 5.91 Å². The molecule has 0 bridgehead atoms. The van der Waals surface area contributed by atoms with E-state index in [9.17, 15) is 4.79 Å². The monoisotopic (exact) mass is 332 g/mol. The lowest BCUT2D eigenvalue weighted by atomic mass is 10.2. The minimum atomic E-state index is 0.0894. The van der Waals surface area contributed by atoms with Crippen LogP contribution in [0.15, 0.2) is 18.2 Å². The van der Waals surface area contributed by atoms with Gasteiger partial charge >= 0.3 is 0 Å². The van der Waals surface area contributed by atoms with Crippen LogP contribution in [0.1, 0.15) is 0 Å². The van der Waals surface area contributed by atoms with Crippen LogP contribution in [0, 0.1) is 3.57 Å². The number of halogens is 1. The predicted octanol–water partition coefficient (Wildman–Crippen LogP) is 1.24. The number of rotatable bonds is 2. The second kappa shape index (κ2) is 5.01. The number of anilines is 1. The first-order valence-corrected chi connectivity index (χ1v) is 6.15. The molecule has 2 rings (SSSR count). The summed E-state index contributed by atoms with van der Waals surface area (Å²) in [7, 11) is 1.62. The number of methoxy groups -OCH3 is 1. The minimum Gasteiger partial charge on any atom is -0.495 e. The van der Waals surface area contributed by atoms with E-state index in [0.29, 0.717) is 13.1 Å². The van der Waals surface area contributed by atoms with Crippen molar-refractivity contribution in [1.29, 1.82) is 0 Å². The maximum Gasteiger partial charge on any atom is 0.241 e. The number of nitrogens with zero attached hydrogens (tertiary/aromatic N) is 1. The largest absolute Gasteiger partial charge is 0.495 e. The molecule has 0 spiro atoms. The standard InChI is InChI=1S/C11H13IN2O2/c1-16-10-3-2-8(12)6-9(10)14-5-4-13-7-11(14)15/h2-3,6,13H,4-5,7H2,1H3. The van der Waals surface area contributed by atoms with E-state index in [4.69, 9.17) is 4.74 Å². The van der Waals surface area contributed by atoms with Crippen LogP contribution >= 0.6 is 22.6 Å². The molecule has 1 amide bonds. The Morgan fingerprint density at radius 3 is 3.00 bits per heavy atom. The highest BCUT2D eigenvalue weighted by Crippen LogP contribution is 2.30. The number of hydrogen-bond acceptors (Lipinski definition) is 3. The normalized spacial score (nSPS) is 16.4. The highest BCUT2D eigenvalue weighted by molar-refractivity contribution is 14.1. The number of amides is 1. The van der Waals surface area contributed by atoms with Crippen molar-refractivity contribution in [2.45, 2.75) is 0 Å². The molecule has 16 heavy (non-hydrogen) atoms. The Labute approximate surface area is 108 Å². The van der Waals surface area contributed by atoms with Gasteiger partial charge in [0.1, 0.15) is 5.75 Å². The lowest BCUT2D eigenvalue weighted by Gasteiger charge is -2.28. The van der Waals surface area contributed by atoms with Crippen LogP contribution in [0.3, 0.4) is 0 Å². The second-order valence-corrected chi connectivity index (χ2v) is 4.78. The number of piperazine rings is 1. The third-order valence-electron chi connectivity index (χ3n) is 2.52. The molecule has 1 N–H and O–H groups in total. The molecule has 0 radical (unpaired) electrons. The van der Waals surface area contributed by atoms with Gasteiger partial charge in [0.15, 0.2) is 0 Å². The summed E-state index contributed by atoms with van der Waals surface area (Å²) in [6.07, 6.45) is 0. The Balaban J connectivity index is 2.36. The fraction of sp³-hybridized carbons (Fsp3) is 0.364. The molecule has 1 aromatic rings. The number of nitrogens with one attached hydrogen (secondary N) is 1. The van der Waals surface area contributed by atoms with Gasteiger partial charge in [0.25, 0.3) is 0 Å². The number of benzene rings is 1. The molecule has 86 valence electrons. The van der Waals surface area contributed by atoms with Crippen LogP contribution < -0.4 is 15.0 Å². The maximum atomic E-state index is 11.8. The average molecular weight is 332 g/mol. The molecule has 0 aliphatic carbocycles. The van der Waals surface area contributed by atoms with E-state index in [2.05, 4.69) is 27.9 Å². The number of carbonyl (C=O) groups is 1. The summed E-state index contributed by atoms with van der Waals surface area (Å²) in [6.45, 7) is 1.91. The third-order valence-corrected chi connectivity index (χ3v) is 3.19. The van der Waals surface area contributed by atoms with Gasteiger partial charge in [-0.2, -0.15) is 0 Å². The Bertz CT molecular complexity index is 409. The molecule has 1 saturated heterocycles. The highest BCUT2D eigenvalue weighted by Gasteiger charge is 2.22. The van der Waals surface area contributed by atoms with Crippen LogP contribution in [0.2, 0.25) is 0 Å². The van der Waals surface area contributed by atoms with Gasteiger partial charge in [-0.15, -0.1) is 0 Å². The molecule has 1 aromatic carbocycles. The van der Waals surface area contributed by atoms with Crippen LogP contribution in [0.5, 0.6) is 5.75 Å². The second-order valence-electron chi connectivity index (χ2n) is 3.54. The summed E-state index contributed by atoms with van der Waals surface area (Å²) in [4.78, 5) is 13.6. The van der Waals surface area contributed by atoms with Crippen molar-refractivity contribution in [1.82, 2.24) is 5.32 Å². The SMILES string of the molecule is COc1ccc(I)cc1N1CCNCC1=O. The van der Waals surface area contributed by atoms with Crippen molar-refractivity contribution in [3.05, 3.63) is 21.8 Å². The fourth-order valence-corrected chi connectivity index (χ4v) is 2.21. The van der Waals surface area contributed by atoms with Gasteiger partial charge in [0.05, 0.1) is 19.3 Å². The van der Waals surface area contributed by atoms with E-state index < -0.39 is 0 Å². The van der Waals surface area contributed by atoms with E-state index in [1.807, 2.05) is 18.2 Å². The Hall–Kier alpha value is -0.820. The lowest BCUT2D eigenvalue weighted by molar-refractivity contribution is -0.118. The molecule has 1 aliphatic heterocycles. The zero-order valence-electron chi connectivity index (χ0n) is 9.00. The highest BCUT2D eigenvalue weighted by atomic mass is 127. The Kier molecular flexibility index (Phi) is 3.65. The van der Waals surface area contributed by atoms with Gasteiger partial charge in [-0.25, -0.2) is 0 Å². The van der Waals surface area contributed by atoms with Crippen LogP contribution in [0.4, 0.5) is 5.69 Å². The lowest BCUT2D eigenvalue weighted by Crippen LogP contribution is -2.48. The summed E-state index contributed by atoms with van der Waals surface area (Å²) in [6, 6.07) is 5.84. The first kappa shape index (κ1) is 11.7. The molecule has 1 fully saturated rings. The third kappa shape index (κ3) is 2.30. The van der Waals surface area contributed by atoms with Crippen molar-refractivity contribution >= 4 is 34.2 Å². The number of carbonyl (C=O) groups excluding carboxylic acids is 1. The zero-order valence-corrected chi connectivity index (χ0v) is 11.2. The van der Waals surface area contributed by atoms with Crippen molar-refractivity contribution in [3.8, 4) is 5.75 Å².